The van der Waals surface area contributed by atoms with E-state index in [0.717, 1.165) is 5.56 Å². The minimum absolute atomic E-state index is 0.186. The summed E-state index contributed by atoms with van der Waals surface area (Å²) in [5.41, 5.74) is 0.140. The molecule has 0 amide bonds. The number of hydrogen-bond acceptors (Lipinski definition) is 4. The third-order valence-electron chi connectivity index (χ3n) is 3.39. The molecule has 0 saturated carbocycles. The number of ether oxygens (including phenoxy) is 2. The highest BCUT2D eigenvalue weighted by atomic mass is 16.5. The second kappa shape index (κ2) is 5.33. The molecule has 1 aliphatic carbocycles. The molecule has 1 unspecified atom stereocenters. The summed E-state index contributed by atoms with van der Waals surface area (Å²) in [5, 5.41) is 0. The molecule has 2 rings (SSSR count). The number of methoxy groups -OCH3 is 2. The number of esters is 1. The topological polar surface area (TPSA) is 52.6 Å². The lowest BCUT2D eigenvalue weighted by Gasteiger charge is -2.29. The molecule has 0 bridgehead atoms. The fraction of sp³-hybridized carbons (Fsp3) is 0.250. The van der Waals surface area contributed by atoms with Gasteiger partial charge in [-0.2, -0.15) is 0 Å². The Balaban J connectivity index is 2.55. The number of allylic oxidation sites excluding steroid dienone is 2. The van der Waals surface area contributed by atoms with E-state index in [-0.39, 0.29) is 11.5 Å². The van der Waals surface area contributed by atoms with Gasteiger partial charge >= 0.3 is 5.97 Å². The molecule has 4 heteroatoms. The van der Waals surface area contributed by atoms with Crippen LogP contribution in [0.2, 0.25) is 0 Å². The Morgan fingerprint density at radius 2 is 1.80 bits per heavy atom. The van der Waals surface area contributed by atoms with E-state index in [1.54, 1.807) is 13.0 Å². The molecule has 4 nitrogen and oxygen atoms in total. The first-order chi connectivity index (χ1) is 9.52. The molecule has 1 atom stereocenters. The molecule has 0 N–H and O–H groups in total. The Morgan fingerprint density at radius 3 is 2.35 bits per heavy atom. The zero-order valence-electron chi connectivity index (χ0n) is 11.7. The highest BCUT2D eigenvalue weighted by Crippen LogP contribution is 2.38. The van der Waals surface area contributed by atoms with Gasteiger partial charge in [-0.25, -0.2) is 0 Å². The van der Waals surface area contributed by atoms with Crippen LogP contribution in [0.1, 0.15) is 12.5 Å². The van der Waals surface area contributed by atoms with Gasteiger partial charge in [0.25, 0.3) is 0 Å². The van der Waals surface area contributed by atoms with Gasteiger partial charge in [0.15, 0.2) is 5.78 Å². The summed E-state index contributed by atoms with van der Waals surface area (Å²) in [4.78, 5) is 24.2. The van der Waals surface area contributed by atoms with Crippen molar-refractivity contribution in [3.63, 3.8) is 0 Å². The quantitative estimate of drug-likeness (QED) is 0.793. The Morgan fingerprint density at radius 1 is 1.15 bits per heavy atom. The molecule has 0 aliphatic heterocycles. The van der Waals surface area contributed by atoms with Crippen molar-refractivity contribution < 1.29 is 19.1 Å². The predicted molar refractivity (Wildman–Crippen MR) is 74.6 cm³/mol. The van der Waals surface area contributed by atoms with E-state index in [9.17, 15) is 9.59 Å². The van der Waals surface area contributed by atoms with E-state index in [1.165, 1.54) is 20.3 Å². The normalized spacial score (nSPS) is 21.9. The van der Waals surface area contributed by atoms with Crippen LogP contribution in [0.25, 0.3) is 5.57 Å². The van der Waals surface area contributed by atoms with Crippen LogP contribution in [0.3, 0.4) is 0 Å². The Kier molecular flexibility index (Phi) is 3.74. The van der Waals surface area contributed by atoms with Crippen molar-refractivity contribution in [1.29, 1.82) is 0 Å². The molecular formula is C16H16O4. The summed E-state index contributed by atoms with van der Waals surface area (Å²) in [7, 11) is 2.75. The van der Waals surface area contributed by atoms with E-state index in [0.29, 0.717) is 5.57 Å². The second-order valence-corrected chi connectivity index (χ2v) is 4.69. The summed E-state index contributed by atoms with van der Waals surface area (Å²) in [6.07, 6.45) is 2.95. The molecule has 0 heterocycles. The third-order valence-corrected chi connectivity index (χ3v) is 3.39. The van der Waals surface area contributed by atoms with Gasteiger partial charge in [0.05, 0.1) is 14.2 Å². The average Bonchev–Trinajstić information content (AvgIpc) is 2.49. The van der Waals surface area contributed by atoms with Crippen LogP contribution in [-0.4, -0.2) is 26.0 Å². The highest BCUT2D eigenvalue weighted by Gasteiger charge is 2.42. The zero-order valence-corrected chi connectivity index (χ0v) is 11.7. The summed E-state index contributed by atoms with van der Waals surface area (Å²) in [5.74, 6) is -0.366. The molecule has 104 valence electrons. The summed E-state index contributed by atoms with van der Waals surface area (Å²) < 4.78 is 10.0. The maximum Gasteiger partial charge on any atom is 0.323 e. The van der Waals surface area contributed by atoms with E-state index in [1.807, 2.05) is 30.3 Å². The fourth-order valence-corrected chi connectivity index (χ4v) is 2.26. The maximum atomic E-state index is 12.2. The van der Waals surface area contributed by atoms with Crippen molar-refractivity contribution in [1.82, 2.24) is 0 Å². The van der Waals surface area contributed by atoms with Crippen molar-refractivity contribution >= 4 is 17.3 Å². The number of carbonyl (C=O) groups is 2. The molecule has 0 radical (unpaired) electrons. The lowest BCUT2D eigenvalue weighted by molar-refractivity contribution is -0.148. The van der Waals surface area contributed by atoms with Crippen LogP contribution in [0.15, 0.2) is 48.2 Å². The molecule has 1 aliphatic rings. The minimum Gasteiger partial charge on any atom is -0.499 e. The highest BCUT2D eigenvalue weighted by molar-refractivity contribution is 6.28. The SMILES string of the molecule is COC(=O)C1(C)C=C(c2ccccc2)C(=O)C=C1OC. The van der Waals surface area contributed by atoms with Crippen molar-refractivity contribution in [2.45, 2.75) is 6.92 Å². The van der Waals surface area contributed by atoms with Crippen molar-refractivity contribution in [3.05, 3.63) is 53.8 Å². The second-order valence-electron chi connectivity index (χ2n) is 4.69. The summed E-state index contributed by atoms with van der Waals surface area (Å²) in [6.45, 7) is 1.67. The first-order valence-corrected chi connectivity index (χ1v) is 6.20. The first kappa shape index (κ1) is 14.1. The number of carbonyl (C=O) groups excluding carboxylic acids is 2. The standard InChI is InChI=1S/C16H16O4/c1-16(15(18)20-3)10-12(11-7-5-4-6-8-11)13(17)9-14(16)19-2/h4-10H,1-3H3. The maximum absolute atomic E-state index is 12.2. The van der Waals surface area contributed by atoms with Crippen molar-refractivity contribution in [2.75, 3.05) is 14.2 Å². The van der Waals surface area contributed by atoms with Crippen LogP contribution in [0.5, 0.6) is 0 Å². The number of rotatable bonds is 3. The van der Waals surface area contributed by atoms with Gasteiger partial charge in [-0.15, -0.1) is 0 Å². The Hall–Kier alpha value is -2.36. The smallest absolute Gasteiger partial charge is 0.323 e. The summed E-state index contributed by atoms with van der Waals surface area (Å²) >= 11 is 0. The van der Waals surface area contributed by atoms with Gasteiger partial charge in [-0.1, -0.05) is 30.3 Å². The van der Waals surface area contributed by atoms with Crippen LogP contribution >= 0.6 is 0 Å². The number of ketones is 1. The van der Waals surface area contributed by atoms with Crippen LogP contribution < -0.4 is 0 Å². The van der Waals surface area contributed by atoms with Crippen LogP contribution in [-0.2, 0) is 19.1 Å². The van der Waals surface area contributed by atoms with Gasteiger partial charge in [0.1, 0.15) is 11.2 Å². The zero-order chi connectivity index (χ0) is 14.8. The van der Waals surface area contributed by atoms with Crippen molar-refractivity contribution in [3.8, 4) is 0 Å². The Bertz CT molecular complexity index is 598. The molecule has 1 aromatic rings. The average molecular weight is 272 g/mol. The molecule has 1 aromatic carbocycles. The molecular weight excluding hydrogens is 256 g/mol. The Labute approximate surface area is 117 Å². The van der Waals surface area contributed by atoms with E-state index < -0.39 is 11.4 Å². The van der Waals surface area contributed by atoms with E-state index >= 15 is 0 Å². The van der Waals surface area contributed by atoms with E-state index in [2.05, 4.69) is 0 Å². The third kappa shape index (κ3) is 2.25. The predicted octanol–water partition coefficient (Wildman–Crippen LogP) is 2.36. The largest absolute Gasteiger partial charge is 0.499 e. The molecule has 20 heavy (non-hydrogen) atoms. The van der Waals surface area contributed by atoms with E-state index in [4.69, 9.17) is 9.47 Å². The molecule has 0 spiro atoms. The summed E-state index contributed by atoms with van der Waals surface area (Å²) in [6, 6.07) is 9.20. The fourth-order valence-electron chi connectivity index (χ4n) is 2.26. The molecule has 0 fully saturated rings. The minimum atomic E-state index is -1.09. The number of hydrogen-bond donors (Lipinski definition) is 0. The first-order valence-electron chi connectivity index (χ1n) is 6.20. The van der Waals surface area contributed by atoms with Gasteiger partial charge in [-0.3, -0.25) is 9.59 Å². The van der Waals surface area contributed by atoms with Gasteiger partial charge in [0, 0.05) is 11.6 Å². The van der Waals surface area contributed by atoms with Gasteiger partial charge < -0.3 is 9.47 Å². The number of benzene rings is 1. The van der Waals surface area contributed by atoms with Gasteiger partial charge in [-0.05, 0) is 18.6 Å². The molecule has 0 aromatic heterocycles. The van der Waals surface area contributed by atoms with Crippen LogP contribution in [0, 0.1) is 5.41 Å². The lowest BCUT2D eigenvalue weighted by atomic mass is 9.79. The molecule has 0 saturated heterocycles. The lowest BCUT2D eigenvalue weighted by Crippen LogP contribution is -2.33. The van der Waals surface area contributed by atoms with Crippen molar-refractivity contribution in [2.24, 2.45) is 5.41 Å². The van der Waals surface area contributed by atoms with Crippen LogP contribution in [0.4, 0.5) is 0 Å². The van der Waals surface area contributed by atoms with Gasteiger partial charge in [0.2, 0.25) is 0 Å². The monoisotopic (exact) mass is 272 g/mol.